The molecule has 1 aliphatic carbocycles. The van der Waals surface area contributed by atoms with Crippen molar-refractivity contribution in [1.29, 1.82) is 0 Å². The highest BCUT2D eigenvalue weighted by atomic mass is 16.5. The molecule has 1 atom stereocenters. The Bertz CT molecular complexity index is 1450. The number of ether oxygens (including phenoxy) is 2. The summed E-state index contributed by atoms with van der Waals surface area (Å²) in [6, 6.07) is 24.4. The standard InChI is InChI=1S/C36H41NO4/c1-3-5-11-34(28-17-15-27(16-18-28)24-26-13-14-26)41-30-21-19-29(20-22-30)36(39)32-25-37(23-8-12-35(38)40-4-2)33-10-7-6-9-31(32)33/h6-7,9-10,15-22,25-26,34H,3-5,8,11-14,23-24H2,1-2H3. The zero-order valence-electron chi connectivity index (χ0n) is 24.3. The van der Waals surface area contributed by atoms with E-state index in [9.17, 15) is 9.59 Å². The number of nitrogens with zero attached hydrogens (tertiary/aromatic N) is 1. The summed E-state index contributed by atoms with van der Waals surface area (Å²) in [6.45, 7) is 5.04. The van der Waals surface area contributed by atoms with E-state index in [1.54, 1.807) is 0 Å². The molecule has 4 aromatic rings. The summed E-state index contributed by atoms with van der Waals surface area (Å²) >= 11 is 0. The van der Waals surface area contributed by atoms with Gasteiger partial charge < -0.3 is 14.0 Å². The van der Waals surface area contributed by atoms with E-state index < -0.39 is 0 Å². The molecule has 0 spiro atoms. The summed E-state index contributed by atoms with van der Waals surface area (Å²) in [5.74, 6) is 1.43. The highest BCUT2D eigenvalue weighted by Crippen LogP contribution is 2.34. The fourth-order valence-electron chi connectivity index (χ4n) is 5.45. The van der Waals surface area contributed by atoms with Crippen molar-refractivity contribution in [3.8, 4) is 5.75 Å². The minimum Gasteiger partial charge on any atom is -0.486 e. The van der Waals surface area contributed by atoms with Gasteiger partial charge in [0.1, 0.15) is 11.9 Å². The number of hydrogen-bond acceptors (Lipinski definition) is 4. The van der Waals surface area contributed by atoms with Crippen molar-refractivity contribution in [1.82, 2.24) is 4.57 Å². The molecular weight excluding hydrogens is 510 g/mol. The number of carbonyl (C=O) groups is 2. The number of ketones is 1. The Kier molecular flexibility index (Phi) is 9.55. The van der Waals surface area contributed by atoms with Gasteiger partial charge in [0, 0.05) is 41.2 Å². The van der Waals surface area contributed by atoms with Gasteiger partial charge in [-0.25, -0.2) is 0 Å². The molecule has 0 bridgehead atoms. The van der Waals surface area contributed by atoms with Crippen molar-refractivity contribution < 1.29 is 19.1 Å². The maximum Gasteiger partial charge on any atom is 0.305 e. The molecule has 0 N–H and O–H groups in total. The highest BCUT2D eigenvalue weighted by molar-refractivity contribution is 6.16. The second kappa shape index (κ2) is 13.7. The van der Waals surface area contributed by atoms with E-state index in [4.69, 9.17) is 9.47 Å². The minimum atomic E-state index is -0.190. The molecule has 1 aromatic heterocycles. The van der Waals surface area contributed by atoms with E-state index in [0.717, 1.165) is 41.8 Å². The lowest BCUT2D eigenvalue weighted by Crippen LogP contribution is -2.08. The summed E-state index contributed by atoms with van der Waals surface area (Å²) in [6.07, 6.45) is 9.98. The van der Waals surface area contributed by atoms with E-state index in [2.05, 4.69) is 35.8 Å². The second-order valence-electron chi connectivity index (χ2n) is 11.2. The van der Waals surface area contributed by atoms with Crippen LogP contribution in [0, 0.1) is 5.92 Å². The molecule has 5 nitrogen and oxygen atoms in total. The van der Waals surface area contributed by atoms with E-state index in [0.29, 0.717) is 37.1 Å². The molecule has 0 saturated heterocycles. The summed E-state index contributed by atoms with van der Waals surface area (Å²) < 4.78 is 13.6. The molecule has 1 heterocycles. The fraction of sp³-hybridized carbons (Fsp3) is 0.389. The maximum absolute atomic E-state index is 13.6. The Labute approximate surface area is 243 Å². The van der Waals surface area contributed by atoms with Crippen LogP contribution in [0.1, 0.15) is 91.9 Å². The molecule has 1 unspecified atom stereocenters. The van der Waals surface area contributed by atoms with Crippen LogP contribution in [0.15, 0.2) is 79.0 Å². The average molecular weight is 552 g/mol. The molecule has 0 aliphatic heterocycles. The third-order valence-corrected chi connectivity index (χ3v) is 7.91. The molecule has 214 valence electrons. The lowest BCUT2D eigenvalue weighted by atomic mass is 10.00. The number of aromatic nitrogens is 1. The Morgan fingerprint density at radius 2 is 1.68 bits per heavy atom. The molecule has 5 rings (SSSR count). The molecule has 3 aromatic carbocycles. The predicted molar refractivity (Wildman–Crippen MR) is 163 cm³/mol. The van der Waals surface area contributed by atoms with E-state index in [1.165, 1.54) is 30.4 Å². The zero-order chi connectivity index (χ0) is 28.6. The van der Waals surface area contributed by atoms with Crippen LogP contribution in [0.4, 0.5) is 0 Å². The zero-order valence-corrected chi connectivity index (χ0v) is 24.3. The van der Waals surface area contributed by atoms with E-state index in [-0.39, 0.29) is 17.9 Å². The predicted octanol–water partition coefficient (Wildman–Crippen LogP) is 8.48. The van der Waals surface area contributed by atoms with Gasteiger partial charge in [0.25, 0.3) is 0 Å². The number of rotatable bonds is 15. The highest BCUT2D eigenvalue weighted by Gasteiger charge is 2.22. The van der Waals surface area contributed by atoms with Crippen molar-refractivity contribution in [2.24, 2.45) is 5.92 Å². The first-order chi connectivity index (χ1) is 20.1. The molecular formula is C36H41NO4. The van der Waals surface area contributed by atoms with Gasteiger partial charge in [0.2, 0.25) is 0 Å². The van der Waals surface area contributed by atoms with Crippen LogP contribution < -0.4 is 4.74 Å². The third kappa shape index (κ3) is 7.46. The second-order valence-corrected chi connectivity index (χ2v) is 11.2. The first-order valence-corrected chi connectivity index (χ1v) is 15.2. The summed E-state index contributed by atoms with van der Waals surface area (Å²) in [5, 5.41) is 0.915. The number of para-hydroxylation sites is 1. The Balaban J connectivity index is 1.28. The van der Waals surface area contributed by atoms with Crippen LogP contribution >= 0.6 is 0 Å². The minimum absolute atomic E-state index is 0.0148. The molecule has 1 aliphatic rings. The van der Waals surface area contributed by atoms with Crippen LogP contribution in [-0.2, 0) is 22.5 Å². The number of benzene rings is 3. The number of aryl methyl sites for hydroxylation is 1. The molecule has 1 fully saturated rings. The van der Waals surface area contributed by atoms with Gasteiger partial charge in [-0.2, -0.15) is 0 Å². The SMILES string of the molecule is CCCCC(Oc1ccc(C(=O)c2cn(CCCC(=O)OCC)c3ccccc23)cc1)c1ccc(CC2CC2)cc1. The molecule has 5 heteroatoms. The average Bonchev–Trinajstić information content (AvgIpc) is 3.74. The van der Waals surface area contributed by atoms with E-state index >= 15 is 0 Å². The molecule has 0 radical (unpaired) electrons. The molecule has 0 amide bonds. The lowest BCUT2D eigenvalue weighted by molar-refractivity contribution is -0.143. The van der Waals surface area contributed by atoms with Crippen LogP contribution in [-0.4, -0.2) is 22.9 Å². The summed E-state index contributed by atoms with van der Waals surface area (Å²) in [7, 11) is 0. The van der Waals surface area contributed by atoms with Crippen molar-refractivity contribution >= 4 is 22.7 Å². The largest absolute Gasteiger partial charge is 0.486 e. The first kappa shape index (κ1) is 28.7. The number of carbonyl (C=O) groups excluding carboxylic acids is 2. The normalized spacial score (nSPS) is 13.7. The monoisotopic (exact) mass is 551 g/mol. The van der Waals surface area contributed by atoms with Gasteiger partial charge >= 0.3 is 5.97 Å². The Morgan fingerprint density at radius 1 is 0.927 bits per heavy atom. The van der Waals surface area contributed by atoms with Crippen LogP contribution in [0.5, 0.6) is 5.75 Å². The number of fused-ring (bicyclic) bond motifs is 1. The molecule has 1 saturated carbocycles. The van der Waals surface area contributed by atoms with Crippen LogP contribution in [0.2, 0.25) is 0 Å². The fourth-order valence-corrected chi connectivity index (χ4v) is 5.45. The van der Waals surface area contributed by atoms with Gasteiger partial charge in [0.05, 0.1) is 6.61 Å². The summed E-state index contributed by atoms with van der Waals surface area (Å²) in [4.78, 5) is 25.4. The van der Waals surface area contributed by atoms with Crippen molar-refractivity contribution in [2.75, 3.05) is 6.61 Å². The van der Waals surface area contributed by atoms with Crippen molar-refractivity contribution in [3.63, 3.8) is 0 Å². The van der Waals surface area contributed by atoms with E-state index in [1.807, 2.05) is 61.7 Å². The van der Waals surface area contributed by atoms with Crippen LogP contribution in [0.3, 0.4) is 0 Å². The third-order valence-electron chi connectivity index (χ3n) is 7.91. The first-order valence-electron chi connectivity index (χ1n) is 15.2. The lowest BCUT2D eigenvalue weighted by Gasteiger charge is -2.20. The van der Waals surface area contributed by atoms with Gasteiger partial charge in [0.15, 0.2) is 5.78 Å². The molecule has 41 heavy (non-hydrogen) atoms. The Morgan fingerprint density at radius 3 is 2.39 bits per heavy atom. The smallest absolute Gasteiger partial charge is 0.305 e. The van der Waals surface area contributed by atoms with Gasteiger partial charge in [-0.05, 0) is 92.8 Å². The number of hydrogen-bond donors (Lipinski definition) is 0. The van der Waals surface area contributed by atoms with Gasteiger partial charge in [-0.1, -0.05) is 55.8 Å². The Hall–Kier alpha value is -3.86. The topological polar surface area (TPSA) is 57.5 Å². The van der Waals surface area contributed by atoms with Gasteiger partial charge in [-0.3, -0.25) is 9.59 Å². The number of esters is 1. The van der Waals surface area contributed by atoms with Crippen molar-refractivity contribution in [3.05, 3.63) is 101 Å². The quantitative estimate of drug-likeness (QED) is 0.110. The van der Waals surface area contributed by atoms with Crippen LogP contribution in [0.25, 0.3) is 10.9 Å². The number of unbranched alkanes of at least 4 members (excludes halogenated alkanes) is 1. The summed E-state index contributed by atoms with van der Waals surface area (Å²) in [5.41, 5.74) is 4.89. The van der Waals surface area contributed by atoms with Crippen molar-refractivity contribution in [2.45, 2.75) is 77.9 Å². The van der Waals surface area contributed by atoms with Gasteiger partial charge in [-0.15, -0.1) is 0 Å². The maximum atomic E-state index is 13.6.